The van der Waals surface area contributed by atoms with Gasteiger partial charge in [-0.1, -0.05) is 116 Å². The molecule has 0 aromatic carbocycles. The SMILES string of the molecule is C/C=C/C[C@@H](C)[C@@H](OC(C)=O)[C@H]1C(=O)N[C@@H](CC)C(=O)N(C)[C@H](C)C(=O)N(C)[C@@H]([C@H](C)CCO)C(=O)C[C@@H](C(C)C)C(=O)N(C)[C@@H](CC(C)C)C(=O)C[C@@H](C)C(=O)C[C@H](C)C(=O)N(C)[C@@H](CC(C)C)C(=O)N(C)[C@@H](CC(C)C)C(=O)N(C)[C@@H](C(C)C)C(=O)N1C. The highest BCUT2D eigenvalue weighted by molar-refractivity contribution is 6.00. The van der Waals surface area contributed by atoms with Gasteiger partial charge in [-0.25, -0.2) is 0 Å². The molecule has 0 spiro atoms. The van der Waals surface area contributed by atoms with E-state index in [1.165, 1.54) is 87.7 Å². The molecule has 14 atom stereocenters. The van der Waals surface area contributed by atoms with Gasteiger partial charge in [0.05, 0.1) is 12.1 Å². The highest BCUT2D eigenvalue weighted by atomic mass is 16.5. The average molecular weight is 1270 g/mol. The van der Waals surface area contributed by atoms with E-state index < -0.39 is 155 Å². The zero-order valence-corrected chi connectivity index (χ0v) is 59.6. The maximum Gasteiger partial charge on any atom is 0.303 e. The van der Waals surface area contributed by atoms with E-state index in [1.807, 2.05) is 47.6 Å². The number of aliphatic hydroxyl groups excluding tert-OH is 1. The monoisotopic (exact) mass is 1270 g/mol. The number of rotatable bonds is 17. The molecule has 1 saturated heterocycles. The molecule has 22 heteroatoms. The summed E-state index contributed by atoms with van der Waals surface area (Å²) in [6, 6.07) is -9.98. The molecule has 0 bridgehead atoms. The molecule has 514 valence electrons. The molecule has 1 heterocycles. The van der Waals surface area contributed by atoms with Crippen molar-refractivity contribution in [2.75, 3.05) is 55.9 Å². The standard InChI is InChI=1S/C68H118N8O14/c1-26-28-29-44(14)60(90-48(18)78)59-61(82)69-50(27-2)65(86)70(19)47(17)63(84)75(24)58(43(13)30-31-77)56(81)37-49(41(9)10)64(85)71(20)51(32-38(3)4)55(80)35-45(15)54(79)36-46(16)62(83)72(21)52(33-39(5)6)66(87)73(22)53(34-40(7)8)67(88)74(23)57(42(11)12)68(89)76(59)25/h26,28,38-47,49-53,57-60,77H,27,29-37H2,1-25H3,(H,69,82)/b28-26+/t43-,44-,45-,46+,47-,49+,50+,51+,52+,53+,57+,58+,59+,60-/m1/s1. The number of nitrogens with one attached hydrogen (secondary N) is 1. The van der Waals surface area contributed by atoms with Crippen molar-refractivity contribution in [2.24, 2.45) is 59.2 Å². The second-order valence-electron chi connectivity index (χ2n) is 27.8. The summed E-state index contributed by atoms with van der Waals surface area (Å²) >= 11 is 0. The Morgan fingerprint density at radius 1 is 0.533 bits per heavy atom. The first kappa shape index (κ1) is 82.0. The summed E-state index contributed by atoms with van der Waals surface area (Å²) in [6.07, 6.45) is 2.30. The molecule has 0 aromatic rings. The summed E-state index contributed by atoms with van der Waals surface area (Å²) in [5, 5.41) is 13.0. The van der Waals surface area contributed by atoms with Crippen LogP contribution in [0.15, 0.2) is 12.2 Å². The lowest BCUT2D eigenvalue weighted by atomic mass is 9.83. The minimum absolute atomic E-state index is 0.0206. The van der Waals surface area contributed by atoms with Gasteiger partial charge in [0, 0.05) is 99.9 Å². The Morgan fingerprint density at radius 3 is 1.44 bits per heavy atom. The summed E-state index contributed by atoms with van der Waals surface area (Å²) in [5.41, 5.74) is 0. The smallest absolute Gasteiger partial charge is 0.303 e. The molecule has 0 aromatic heterocycles. The summed E-state index contributed by atoms with van der Waals surface area (Å²) in [6.45, 7) is 30.7. The van der Waals surface area contributed by atoms with Crippen LogP contribution >= 0.6 is 0 Å². The third-order valence-corrected chi connectivity index (χ3v) is 18.1. The highest BCUT2D eigenvalue weighted by Crippen LogP contribution is 2.30. The van der Waals surface area contributed by atoms with Gasteiger partial charge in [-0.2, -0.15) is 0 Å². The van der Waals surface area contributed by atoms with E-state index in [-0.39, 0.29) is 93.7 Å². The molecule has 22 nitrogen and oxygen atoms in total. The fourth-order valence-electron chi connectivity index (χ4n) is 12.3. The Hall–Kier alpha value is -6.06. The molecular weight excluding hydrogens is 1150 g/mol. The molecule has 1 aliphatic rings. The predicted molar refractivity (Wildman–Crippen MR) is 348 cm³/mol. The lowest BCUT2D eigenvalue weighted by molar-refractivity contribution is -0.164. The molecule has 1 rings (SSSR count). The Labute approximate surface area is 539 Å². The highest BCUT2D eigenvalue weighted by Gasteiger charge is 2.47. The van der Waals surface area contributed by atoms with Gasteiger partial charge in [-0.3, -0.25) is 57.5 Å². The number of hydrogen-bond acceptors (Lipinski definition) is 14. The average Bonchev–Trinajstić information content (AvgIpc) is 2.72. The second kappa shape index (κ2) is 37.5. The fraction of sp³-hybridized carbons (Fsp3) is 0.794. The fourth-order valence-corrected chi connectivity index (χ4v) is 12.3. The van der Waals surface area contributed by atoms with E-state index in [0.717, 1.165) is 9.80 Å². The molecule has 0 saturated carbocycles. The van der Waals surface area contributed by atoms with Crippen LogP contribution in [0.3, 0.4) is 0 Å². The van der Waals surface area contributed by atoms with Crippen molar-refractivity contribution < 1.29 is 67.4 Å². The second-order valence-corrected chi connectivity index (χ2v) is 27.8. The summed E-state index contributed by atoms with van der Waals surface area (Å²) in [7, 11) is 10.1. The van der Waals surface area contributed by atoms with Gasteiger partial charge in [-0.15, -0.1) is 0 Å². The van der Waals surface area contributed by atoms with Crippen LogP contribution in [0.2, 0.25) is 0 Å². The van der Waals surface area contributed by atoms with Crippen LogP contribution in [-0.4, -0.2) is 220 Å². The summed E-state index contributed by atoms with van der Waals surface area (Å²) < 4.78 is 5.95. The molecule has 0 radical (unpaired) electrons. The number of amides is 8. The number of aliphatic hydroxyl groups is 1. The van der Waals surface area contributed by atoms with E-state index in [2.05, 4.69) is 5.32 Å². The number of ether oxygens (including phenoxy) is 1. The van der Waals surface area contributed by atoms with Crippen LogP contribution in [-0.2, 0) is 62.3 Å². The van der Waals surface area contributed by atoms with Gasteiger partial charge in [-0.05, 0) is 93.8 Å². The Kier molecular flexibility index (Phi) is 34.1. The van der Waals surface area contributed by atoms with Gasteiger partial charge in [0.2, 0.25) is 47.3 Å². The van der Waals surface area contributed by atoms with E-state index in [9.17, 15) is 43.5 Å². The van der Waals surface area contributed by atoms with Gasteiger partial charge >= 0.3 is 5.97 Å². The number of allylic oxidation sites excluding steroid dienone is 2. The van der Waals surface area contributed by atoms with E-state index >= 15 is 19.2 Å². The number of carbonyl (C=O) groups is 12. The largest absolute Gasteiger partial charge is 0.459 e. The van der Waals surface area contributed by atoms with Crippen molar-refractivity contribution in [2.45, 2.75) is 237 Å². The molecular formula is C68H118N8O14. The van der Waals surface area contributed by atoms with Crippen molar-refractivity contribution in [3.8, 4) is 0 Å². The van der Waals surface area contributed by atoms with Crippen molar-refractivity contribution in [3.63, 3.8) is 0 Å². The van der Waals surface area contributed by atoms with Gasteiger partial charge in [0.15, 0.2) is 11.6 Å². The normalized spacial score (nSPS) is 27.4. The topological polar surface area (TPSA) is 269 Å². The van der Waals surface area contributed by atoms with Crippen molar-refractivity contribution in [1.29, 1.82) is 0 Å². The molecule has 1 aliphatic heterocycles. The number of carbonyl (C=O) groups excluding carboxylic acids is 12. The molecule has 0 unspecified atom stereocenters. The maximum atomic E-state index is 15.5. The Balaban J connectivity index is 4.52. The molecule has 1 fully saturated rings. The number of Topliss-reactive ketones (excluding diaryl/α,β-unsaturated/α-hetero) is 3. The summed E-state index contributed by atoms with van der Waals surface area (Å²) in [4.78, 5) is 185. The number of likely N-dealkylation sites (N-methyl/N-ethyl adjacent to an activating group) is 7. The quantitative estimate of drug-likeness (QED) is 0.117. The van der Waals surface area contributed by atoms with Crippen LogP contribution in [0.1, 0.15) is 182 Å². The number of esters is 1. The maximum absolute atomic E-state index is 15.5. The van der Waals surface area contributed by atoms with Crippen molar-refractivity contribution in [3.05, 3.63) is 12.2 Å². The zero-order chi connectivity index (χ0) is 69.8. The zero-order valence-electron chi connectivity index (χ0n) is 59.6. The third-order valence-electron chi connectivity index (χ3n) is 18.1. The van der Waals surface area contributed by atoms with Crippen molar-refractivity contribution in [1.82, 2.24) is 39.6 Å². The minimum atomic E-state index is -1.62. The first-order valence-electron chi connectivity index (χ1n) is 32.7. The Bertz CT molecular complexity index is 2500. The van der Waals surface area contributed by atoms with Crippen LogP contribution < -0.4 is 5.32 Å². The van der Waals surface area contributed by atoms with E-state index in [1.54, 1.807) is 75.3 Å². The number of ketones is 3. The molecule has 8 amide bonds. The van der Waals surface area contributed by atoms with Gasteiger partial charge in [0.25, 0.3) is 0 Å². The van der Waals surface area contributed by atoms with Crippen molar-refractivity contribution >= 4 is 70.6 Å². The predicted octanol–water partition coefficient (Wildman–Crippen LogP) is 6.47. The lowest BCUT2D eigenvalue weighted by Crippen LogP contribution is -2.64. The lowest BCUT2D eigenvalue weighted by Gasteiger charge is -2.42. The van der Waals surface area contributed by atoms with Gasteiger partial charge in [0.1, 0.15) is 48.1 Å². The Morgan fingerprint density at radius 2 is 0.989 bits per heavy atom. The minimum Gasteiger partial charge on any atom is -0.459 e. The van der Waals surface area contributed by atoms with Crippen LogP contribution in [0.4, 0.5) is 0 Å². The summed E-state index contributed by atoms with van der Waals surface area (Å²) in [5.74, 6) is -12.8. The molecule has 0 aliphatic carbocycles. The third kappa shape index (κ3) is 22.4. The van der Waals surface area contributed by atoms with E-state index in [0.29, 0.717) is 0 Å². The molecule has 2 N–H and O–H groups in total. The van der Waals surface area contributed by atoms with Crippen LogP contribution in [0, 0.1) is 59.2 Å². The van der Waals surface area contributed by atoms with Crippen LogP contribution in [0.25, 0.3) is 0 Å². The van der Waals surface area contributed by atoms with Crippen LogP contribution in [0.5, 0.6) is 0 Å². The van der Waals surface area contributed by atoms with Gasteiger partial charge < -0.3 is 49.5 Å². The first-order valence-corrected chi connectivity index (χ1v) is 32.7. The first-order chi connectivity index (χ1) is 41.6. The molecule has 90 heavy (non-hydrogen) atoms. The van der Waals surface area contributed by atoms with E-state index in [4.69, 9.17) is 4.74 Å². The number of nitrogens with zero attached hydrogens (tertiary/aromatic N) is 7. The number of hydrogen-bond donors (Lipinski definition) is 2.